The van der Waals surface area contributed by atoms with Crippen molar-refractivity contribution in [3.8, 4) is 11.5 Å². The molecular formula is C14H19NO2. The molecule has 92 valence electrons. The van der Waals surface area contributed by atoms with E-state index in [2.05, 4.69) is 24.9 Å². The summed E-state index contributed by atoms with van der Waals surface area (Å²) in [5.74, 6) is 1.74. The Labute approximate surface area is 102 Å². The zero-order valence-corrected chi connectivity index (χ0v) is 10.2. The first kappa shape index (κ1) is 12.0. The lowest BCUT2D eigenvalue weighted by Crippen LogP contribution is -2.25. The highest BCUT2D eigenvalue weighted by molar-refractivity contribution is 5.47. The summed E-state index contributed by atoms with van der Waals surface area (Å²) in [5, 5.41) is 3.44. The molecule has 0 spiro atoms. The number of ether oxygens (including phenoxy) is 2. The van der Waals surface area contributed by atoms with Crippen molar-refractivity contribution in [1.82, 2.24) is 5.32 Å². The van der Waals surface area contributed by atoms with Crippen LogP contribution in [-0.4, -0.2) is 19.3 Å². The molecule has 0 radical (unpaired) electrons. The van der Waals surface area contributed by atoms with Crippen molar-refractivity contribution in [3.05, 3.63) is 36.4 Å². The van der Waals surface area contributed by atoms with Gasteiger partial charge in [-0.2, -0.15) is 0 Å². The van der Waals surface area contributed by atoms with Gasteiger partial charge in [0.05, 0.1) is 0 Å². The van der Waals surface area contributed by atoms with Crippen LogP contribution in [0, 0.1) is 0 Å². The average Bonchev–Trinajstić information content (AvgIpc) is 2.36. The largest absolute Gasteiger partial charge is 0.486 e. The van der Waals surface area contributed by atoms with E-state index in [0.29, 0.717) is 19.3 Å². The summed E-state index contributed by atoms with van der Waals surface area (Å²) in [5.41, 5.74) is 1.15. The highest BCUT2D eigenvalue weighted by Crippen LogP contribution is 2.33. The molecule has 3 nitrogen and oxygen atoms in total. The molecule has 1 heterocycles. The predicted octanol–water partition coefficient (Wildman–Crippen LogP) is 2.51. The van der Waals surface area contributed by atoms with Gasteiger partial charge in [0.2, 0.25) is 0 Å². The normalized spacial score (nSPS) is 15.4. The smallest absolute Gasteiger partial charge is 0.165 e. The summed E-state index contributed by atoms with van der Waals surface area (Å²) in [4.78, 5) is 0. The van der Waals surface area contributed by atoms with Gasteiger partial charge >= 0.3 is 0 Å². The monoisotopic (exact) mass is 233 g/mol. The molecular weight excluding hydrogens is 214 g/mol. The van der Waals surface area contributed by atoms with E-state index < -0.39 is 0 Å². The highest BCUT2D eigenvalue weighted by atomic mass is 16.6. The first-order valence-corrected chi connectivity index (χ1v) is 6.03. The van der Waals surface area contributed by atoms with Crippen LogP contribution in [0.4, 0.5) is 0 Å². The lowest BCUT2D eigenvalue weighted by Gasteiger charge is -2.21. The van der Waals surface area contributed by atoms with E-state index in [4.69, 9.17) is 9.47 Å². The van der Waals surface area contributed by atoms with E-state index in [1.807, 2.05) is 18.2 Å². The van der Waals surface area contributed by atoms with Crippen LogP contribution in [0.1, 0.15) is 18.9 Å². The third-order valence-electron chi connectivity index (χ3n) is 2.81. The van der Waals surface area contributed by atoms with Crippen molar-refractivity contribution in [2.45, 2.75) is 25.9 Å². The summed E-state index contributed by atoms with van der Waals surface area (Å²) < 4.78 is 11.2. The molecule has 0 fully saturated rings. The fourth-order valence-corrected chi connectivity index (χ4v) is 1.89. The van der Waals surface area contributed by atoms with Gasteiger partial charge in [0, 0.05) is 18.2 Å². The third kappa shape index (κ3) is 3.01. The van der Waals surface area contributed by atoms with Crippen LogP contribution in [0.25, 0.3) is 0 Å². The fraction of sp³-hybridized carbons (Fsp3) is 0.429. The molecule has 1 aliphatic heterocycles. The summed E-state index contributed by atoms with van der Waals surface area (Å²) >= 11 is 0. The number of hydrogen-bond acceptors (Lipinski definition) is 3. The molecule has 0 saturated heterocycles. The van der Waals surface area contributed by atoms with Crippen LogP contribution < -0.4 is 14.8 Å². The Bertz CT molecular complexity index is 390. The zero-order chi connectivity index (χ0) is 12.1. The van der Waals surface area contributed by atoms with E-state index in [1.165, 1.54) is 0 Å². The number of para-hydroxylation sites is 1. The van der Waals surface area contributed by atoms with Crippen molar-refractivity contribution in [3.63, 3.8) is 0 Å². The Morgan fingerprint density at radius 1 is 1.41 bits per heavy atom. The molecule has 1 aromatic rings. The molecule has 1 N–H and O–H groups in total. The van der Waals surface area contributed by atoms with Crippen LogP contribution in [-0.2, 0) is 6.54 Å². The number of hydrogen-bond donors (Lipinski definition) is 1. The van der Waals surface area contributed by atoms with Crippen LogP contribution in [0.2, 0.25) is 0 Å². The van der Waals surface area contributed by atoms with Gasteiger partial charge in [0.25, 0.3) is 0 Å². The van der Waals surface area contributed by atoms with Gasteiger partial charge in [-0.1, -0.05) is 18.2 Å². The molecule has 1 aromatic carbocycles. The Morgan fingerprint density at radius 3 is 3.06 bits per heavy atom. The predicted molar refractivity (Wildman–Crippen MR) is 68.5 cm³/mol. The van der Waals surface area contributed by atoms with E-state index in [1.54, 1.807) is 0 Å². The Morgan fingerprint density at radius 2 is 2.24 bits per heavy atom. The minimum absolute atomic E-state index is 0.424. The summed E-state index contributed by atoms with van der Waals surface area (Å²) in [6, 6.07) is 6.45. The van der Waals surface area contributed by atoms with Gasteiger partial charge in [-0.15, -0.1) is 6.58 Å². The van der Waals surface area contributed by atoms with Gasteiger partial charge in [-0.25, -0.2) is 0 Å². The molecule has 0 aromatic heterocycles. The molecule has 1 aliphatic rings. The SMILES string of the molecule is C=CCC(C)NCc1cccc2c1OCCO2. The Kier molecular flexibility index (Phi) is 4.04. The van der Waals surface area contributed by atoms with Crippen molar-refractivity contribution < 1.29 is 9.47 Å². The van der Waals surface area contributed by atoms with E-state index in [9.17, 15) is 0 Å². The molecule has 3 heteroatoms. The highest BCUT2D eigenvalue weighted by Gasteiger charge is 2.15. The molecule has 0 amide bonds. The molecule has 0 aliphatic carbocycles. The summed E-state index contributed by atoms with van der Waals surface area (Å²) in [6.45, 7) is 7.95. The number of nitrogens with one attached hydrogen (secondary N) is 1. The minimum atomic E-state index is 0.424. The number of rotatable bonds is 5. The quantitative estimate of drug-likeness (QED) is 0.793. The number of fused-ring (bicyclic) bond motifs is 1. The standard InChI is InChI=1S/C14H19NO2/c1-3-5-11(2)15-10-12-6-4-7-13-14(12)17-9-8-16-13/h3-4,6-7,11,15H,1,5,8-10H2,2H3. The van der Waals surface area contributed by atoms with E-state index >= 15 is 0 Å². The van der Waals surface area contributed by atoms with Gasteiger partial charge in [-0.05, 0) is 19.4 Å². The van der Waals surface area contributed by atoms with E-state index in [-0.39, 0.29) is 0 Å². The summed E-state index contributed by atoms with van der Waals surface area (Å²) in [7, 11) is 0. The first-order chi connectivity index (χ1) is 8.31. The topological polar surface area (TPSA) is 30.5 Å². The van der Waals surface area contributed by atoms with Crippen LogP contribution in [0.15, 0.2) is 30.9 Å². The molecule has 0 saturated carbocycles. The molecule has 1 atom stereocenters. The second-order valence-electron chi connectivity index (χ2n) is 4.25. The van der Waals surface area contributed by atoms with Crippen molar-refractivity contribution in [1.29, 1.82) is 0 Å². The molecule has 1 unspecified atom stereocenters. The Balaban J connectivity index is 2.03. The average molecular weight is 233 g/mol. The maximum atomic E-state index is 5.66. The molecule has 0 bridgehead atoms. The first-order valence-electron chi connectivity index (χ1n) is 6.03. The van der Waals surface area contributed by atoms with Crippen LogP contribution >= 0.6 is 0 Å². The third-order valence-corrected chi connectivity index (χ3v) is 2.81. The van der Waals surface area contributed by atoms with Gasteiger partial charge < -0.3 is 14.8 Å². The van der Waals surface area contributed by atoms with Crippen molar-refractivity contribution in [2.75, 3.05) is 13.2 Å². The fourth-order valence-electron chi connectivity index (χ4n) is 1.89. The van der Waals surface area contributed by atoms with Gasteiger partial charge in [0.15, 0.2) is 11.5 Å². The van der Waals surface area contributed by atoms with Crippen LogP contribution in [0.3, 0.4) is 0 Å². The zero-order valence-electron chi connectivity index (χ0n) is 10.2. The summed E-state index contributed by atoms with van der Waals surface area (Å²) in [6.07, 6.45) is 2.89. The second kappa shape index (κ2) is 5.73. The van der Waals surface area contributed by atoms with Gasteiger partial charge in [-0.3, -0.25) is 0 Å². The van der Waals surface area contributed by atoms with Crippen LogP contribution in [0.5, 0.6) is 11.5 Å². The van der Waals surface area contributed by atoms with Crippen molar-refractivity contribution >= 4 is 0 Å². The molecule has 2 rings (SSSR count). The maximum absolute atomic E-state index is 5.66. The molecule has 17 heavy (non-hydrogen) atoms. The lowest BCUT2D eigenvalue weighted by molar-refractivity contribution is 0.169. The van der Waals surface area contributed by atoms with Crippen molar-refractivity contribution in [2.24, 2.45) is 0 Å². The van der Waals surface area contributed by atoms with Gasteiger partial charge in [0.1, 0.15) is 13.2 Å². The maximum Gasteiger partial charge on any atom is 0.165 e. The Hall–Kier alpha value is -1.48. The number of benzene rings is 1. The van der Waals surface area contributed by atoms with E-state index in [0.717, 1.165) is 30.0 Å². The lowest BCUT2D eigenvalue weighted by atomic mass is 10.1. The minimum Gasteiger partial charge on any atom is -0.486 e. The second-order valence-corrected chi connectivity index (χ2v) is 4.25.